The number of rotatable bonds is 3. The number of hydrogen-bond donors (Lipinski definition) is 0. The largest absolute Gasteiger partial charge is 0.339 e. The van der Waals surface area contributed by atoms with Gasteiger partial charge in [-0.1, -0.05) is 0 Å². The fourth-order valence-electron chi connectivity index (χ4n) is 4.18. The van der Waals surface area contributed by atoms with Crippen LogP contribution in [0.2, 0.25) is 0 Å². The first-order valence-electron chi connectivity index (χ1n) is 9.18. The van der Waals surface area contributed by atoms with Gasteiger partial charge >= 0.3 is 0 Å². The van der Waals surface area contributed by atoms with Gasteiger partial charge in [0.25, 0.3) is 5.91 Å². The Morgan fingerprint density at radius 3 is 2.58 bits per heavy atom. The van der Waals surface area contributed by atoms with Crippen LogP contribution < -0.4 is 0 Å². The minimum absolute atomic E-state index is 0.0954. The molecule has 5 nitrogen and oxygen atoms in total. The molecule has 2 aromatic rings. The van der Waals surface area contributed by atoms with Crippen LogP contribution in [-0.2, 0) is 11.3 Å². The van der Waals surface area contributed by atoms with Crippen LogP contribution in [-0.4, -0.2) is 46.2 Å². The molecule has 0 bridgehead atoms. The van der Waals surface area contributed by atoms with Crippen molar-refractivity contribution in [2.75, 3.05) is 19.6 Å². The number of pyridine rings is 1. The first-order valence-corrected chi connectivity index (χ1v) is 10.1. The number of hydrogen-bond acceptors (Lipinski definition) is 4. The summed E-state index contributed by atoms with van der Waals surface area (Å²) < 4.78 is 0. The minimum Gasteiger partial charge on any atom is -0.339 e. The van der Waals surface area contributed by atoms with Crippen molar-refractivity contribution in [3.05, 3.63) is 52.5 Å². The van der Waals surface area contributed by atoms with E-state index in [9.17, 15) is 9.59 Å². The molecule has 0 saturated carbocycles. The summed E-state index contributed by atoms with van der Waals surface area (Å²) in [5.41, 5.74) is 1.60. The van der Waals surface area contributed by atoms with E-state index in [0.717, 1.165) is 43.4 Å². The van der Waals surface area contributed by atoms with Gasteiger partial charge in [-0.3, -0.25) is 14.6 Å². The molecule has 0 N–H and O–H groups in total. The normalized spacial score (nSPS) is 19.8. The molecular formula is C20H23N3O2S. The molecule has 2 aromatic heterocycles. The Bertz CT molecular complexity index is 768. The Morgan fingerprint density at radius 2 is 1.88 bits per heavy atom. The van der Waals surface area contributed by atoms with Crippen LogP contribution in [0.3, 0.4) is 0 Å². The van der Waals surface area contributed by atoms with Crippen LogP contribution in [0.25, 0.3) is 0 Å². The van der Waals surface area contributed by atoms with Crippen LogP contribution in [0.4, 0.5) is 0 Å². The van der Waals surface area contributed by atoms with Crippen molar-refractivity contribution in [1.82, 2.24) is 14.8 Å². The van der Waals surface area contributed by atoms with E-state index in [0.29, 0.717) is 19.6 Å². The van der Waals surface area contributed by atoms with Gasteiger partial charge in [-0.05, 0) is 54.8 Å². The summed E-state index contributed by atoms with van der Waals surface area (Å²) in [5.74, 6) is 0.362. The van der Waals surface area contributed by atoms with E-state index in [1.807, 2.05) is 38.8 Å². The van der Waals surface area contributed by atoms with Crippen molar-refractivity contribution >= 4 is 23.2 Å². The van der Waals surface area contributed by atoms with E-state index in [1.54, 1.807) is 23.7 Å². The van der Waals surface area contributed by atoms with Crippen molar-refractivity contribution in [2.24, 2.45) is 5.41 Å². The van der Waals surface area contributed by atoms with E-state index in [4.69, 9.17) is 0 Å². The molecule has 26 heavy (non-hydrogen) atoms. The van der Waals surface area contributed by atoms with E-state index >= 15 is 0 Å². The zero-order valence-corrected chi connectivity index (χ0v) is 15.6. The molecule has 2 fully saturated rings. The topological polar surface area (TPSA) is 53.5 Å². The van der Waals surface area contributed by atoms with Gasteiger partial charge in [0.05, 0.1) is 11.0 Å². The highest BCUT2D eigenvalue weighted by atomic mass is 32.1. The summed E-state index contributed by atoms with van der Waals surface area (Å²) in [6.07, 6.45) is 7.07. The summed E-state index contributed by atoms with van der Waals surface area (Å²) >= 11 is 1.54. The number of likely N-dealkylation sites (tertiary alicyclic amines) is 2. The van der Waals surface area contributed by atoms with Crippen LogP contribution >= 0.6 is 11.3 Å². The quantitative estimate of drug-likeness (QED) is 0.835. The lowest BCUT2D eigenvalue weighted by atomic mass is 9.71. The van der Waals surface area contributed by atoms with E-state index in [1.165, 1.54) is 0 Å². The molecule has 4 rings (SSSR count). The fourth-order valence-corrected chi connectivity index (χ4v) is 4.81. The van der Waals surface area contributed by atoms with Gasteiger partial charge in [-0.25, -0.2) is 0 Å². The van der Waals surface area contributed by atoms with E-state index in [2.05, 4.69) is 4.98 Å². The molecule has 6 heteroatoms. The molecule has 0 unspecified atom stereocenters. The number of amides is 2. The lowest BCUT2D eigenvalue weighted by Gasteiger charge is -2.46. The lowest BCUT2D eigenvalue weighted by molar-refractivity contribution is -0.150. The van der Waals surface area contributed by atoms with Gasteiger partial charge in [0.15, 0.2) is 0 Å². The minimum atomic E-state index is -0.281. The maximum absolute atomic E-state index is 13.2. The fraction of sp³-hybridized carbons (Fsp3) is 0.450. The Morgan fingerprint density at radius 1 is 1.12 bits per heavy atom. The zero-order chi connectivity index (χ0) is 18.0. The maximum Gasteiger partial charge on any atom is 0.254 e. The predicted octanol–water partition coefficient (Wildman–Crippen LogP) is 3.19. The Labute approximate surface area is 157 Å². The maximum atomic E-state index is 13.2. The SMILES string of the molecule is O=C(c1ccsc1)N1CCC2(CCCN(Cc3ccncc3)C2=O)CC1. The molecule has 0 aromatic carbocycles. The summed E-state index contributed by atoms with van der Waals surface area (Å²) in [7, 11) is 0. The number of piperidine rings is 2. The van der Waals surface area contributed by atoms with Crippen LogP contribution in [0.1, 0.15) is 41.6 Å². The average Bonchev–Trinajstić information content (AvgIpc) is 3.21. The first kappa shape index (κ1) is 17.2. The average molecular weight is 369 g/mol. The summed E-state index contributed by atoms with van der Waals surface area (Å²) in [5, 5.41) is 3.83. The standard InChI is InChI=1S/C20H23N3O2S/c24-18(17-4-13-26-15-17)22-11-6-20(7-12-22)5-1-10-23(19(20)25)14-16-2-8-21-9-3-16/h2-4,8-9,13,15H,1,5-7,10-12,14H2. The van der Waals surface area contributed by atoms with Crippen molar-refractivity contribution in [3.63, 3.8) is 0 Å². The summed E-state index contributed by atoms with van der Waals surface area (Å²) in [6.45, 7) is 2.81. The zero-order valence-electron chi connectivity index (χ0n) is 14.8. The van der Waals surface area contributed by atoms with E-state index < -0.39 is 0 Å². The molecule has 0 atom stereocenters. The second-order valence-corrected chi connectivity index (χ2v) is 8.05. The third-order valence-corrected chi connectivity index (χ3v) is 6.41. The second-order valence-electron chi connectivity index (χ2n) is 7.27. The second kappa shape index (κ2) is 7.19. The summed E-state index contributed by atoms with van der Waals surface area (Å²) in [4.78, 5) is 33.7. The molecule has 1 spiro atoms. The Hall–Kier alpha value is -2.21. The molecule has 2 amide bonds. The number of aromatic nitrogens is 1. The molecule has 2 aliphatic heterocycles. The van der Waals surface area contributed by atoms with E-state index in [-0.39, 0.29) is 17.2 Å². The third-order valence-electron chi connectivity index (χ3n) is 5.72. The smallest absolute Gasteiger partial charge is 0.254 e. The Kier molecular flexibility index (Phi) is 4.76. The van der Waals surface area contributed by atoms with Gasteiger partial charge in [-0.15, -0.1) is 0 Å². The molecule has 0 radical (unpaired) electrons. The van der Waals surface area contributed by atoms with Crippen molar-refractivity contribution < 1.29 is 9.59 Å². The molecule has 136 valence electrons. The van der Waals surface area contributed by atoms with Gasteiger partial charge in [-0.2, -0.15) is 11.3 Å². The van der Waals surface area contributed by atoms with Crippen molar-refractivity contribution in [3.8, 4) is 0 Å². The van der Waals surface area contributed by atoms with Gasteiger partial charge in [0.1, 0.15) is 0 Å². The highest BCUT2D eigenvalue weighted by Gasteiger charge is 2.46. The molecule has 4 heterocycles. The lowest BCUT2D eigenvalue weighted by Crippen LogP contribution is -2.54. The van der Waals surface area contributed by atoms with Crippen LogP contribution in [0.5, 0.6) is 0 Å². The third kappa shape index (κ3) is 3.26. The number of carbonyl (C=O) groups is 2. The Balaban J connectivity index is 1.42. The molecule has 2 aliphatic rings. The highest BCUT2D eigenvalue weighted by molar-refractivity contribution is 7.08. The number of carbonyl (C=O) groups excluding carboxylic acids is 2. The van der Waals surface area contributed by atoms with Gasteiger partial charge in [0, 0.05) is 44.0 Å². The van der Waals surface area contributed by atoms with Crippen LogP contribution in [0, 0.1) is 5.41 Å². The van der Waals surface area contributed by atoms with Gasteiger partial charge < -0.3 is 9.80 Å². The van der Waals surface area contributed by atoms with Gasteiger partial charge in [0.2, 0.25) is 5.91 Å². The van der Waals surface area contributed by atoms with Crippen LogP contribution in [0.15, 0.2) is 41.4 Å². The number of thiophene rings is 1. The first-order chi connectivity index (χ1) is 12.7. The molecule has 0 aliphatic carbocycles. The predicted molar refractivity (Wildman–Crippen MR) is 101 cm³/mol. The molecule has 2 saturated heterocycles. The molecular weight excluding hydrogens is 346 g/mol. The van der Waals surface area contributed by atoms with Crippen molar-refractivity contribution in [1.29, 1.82) is 0 Å². The summed E-state index contributed by atoms with van der Waals surface area (Å²) in [6, 6.07) is 5.81. The number of nitrogens with zero attached hydrogens (tertiary/aromatic N) is 3. The highest BCUT2D eigenvalue weighted by Crippen LogP contribution is 2.41. The monoisotopic (exact) mass is 369 g/mol. The van der Waals surface area contributed by atoms with Crippen molar-refractivity contribution in [2.45, 2.75) is 32.2 Å².